The van der Waals surface area contributed by atoms with Gasteiger partial charge in [-0.15, -0.1) is 16.3 Å². The minimum Gasteiger partial charge on any atom is -0.369 e. The van der Waals surface area contributed by atoms with Gasteiger partial charge in [0, 0.05) is 31.6 Å². The molecule has 0 spiro atoms. The molecular formula is C12H20N6S. The van der Waals surface area contributed by atoms with Gasteiger partial charge in [0.25, 0.3) is 0 Å². The van der Waals surface area contributed by atoms with Crippen molar-refractivity contribution in [3.05, 3.63) is 15.6 Å². The number of aromatic nitrogens is 1. The summed E-state index contributed by atoms with van der Waals surface area (Å²) in [6, 6.07) is 0. The quantitative estimate of drug-likeness (QED) is 0.349. The lowest BCUT2D eigenvalue weighted by molar-refractivity contribution is 0.477. The van der Waals surface area contributed by atoms with Gasteiger partial charge in [-0.05, 0) is 13.3 Å². The van der Waals surface area contributed by atoms with E-state index in [9.17, 15) is 0 Å². The van der Waals surface area contributed by atoms with E-state index in [0.717, 1.165) is 24.5 Å². The Kier molecular flexibility index (Phi) is 6.25. The van der Waals surface area contributed by atoms with E-state index < -0.39 is 0 Å². The first kappa shape index (κ1) is 15.4. The number of nitrogens with two attached hydrogens (primary N) is 1. The van der Waals surface area contributed by atoms with Gasteiger partial charge in [-0.1, -0.05) is 6.92 Å². The molecule has 0 bridgehead atoms. The summed E-state index contributed by atoms with van der Waals surface area (Å²) >= 11 is 1.73. The molecule has 0 aromatic carbocycles. The normalized spacial score (nSPS) is 11.4. The van der Waals surface area contributed by atoms with Crippen LogP contribution in [0.3, 0.4) is 0 Å². The maximum Gasteiger partial charge on any atom is 0.209 e. The smallest absolute Gasteiger partial charge is 0.209 e. The van der Waals surface area contributed by atoms with E-state index >= 15 is 0 Å². The first-order chi connectivity index (χ1) is 9.08. The fourth-order valence-electron chi connectivity index (χ4n) is 1.58. The molecule has 1 aromatic heterocycles. The largest absolute Gasteiger partial charge is 0.369 e. The number of rotatable bonds is 6. The third-order valence-corrected chi connectivity index (χ3v) is 3.74. The summed E-state index contributed by atoms with van der Waals surface area (Å²) in [6.07, 6.45) is 2.65. The lowest BCUT2D eigenvalue weighted by Gasteiger charge is -2.16. The highest BCUT2D eigenvalue weighted by Gasteiger charge is 2.05. The van der Waals surface area contributed by atoms with Gasteiger partial charge in [0.1, 0.15) is 5.01 Å². The number of aryl methyl sites for hydroxylation is 2. The zero-order chi connectivity index (χ0) is 14.3. The second-order valence-electron chi connectivity index (χ2n) is 4.13. The van der Waals surface area contributed by atoms with Gasteiger partial charge in [-0.2, -0.15) is 5.26 Å². The minimum atomic E-state index is 0.239. The SMILES string of the molecule is CCc1nc(CNCCN(C)C(N)=NC#N)sc1C. The van der Waals surface area contributed by atoms with E-state index in [4.69, 9.17) is 11.0 Å². The lowest BCUT2D eigenvalue weighted by atomic mass is 10.3. The van der Waals surface area contributed by atoms with Crippen LogP contribution in [0, 0.1) is 18.4 Å². The van der Waals surface area contributed by atoms with Crippen molar-refractivity contribution in [3.8, 4) is 6.19 Å². The van der Waals surface area contributed by atoms with Gasteiger partial charge in [0.15, 0.2) is 0 Å². The van der Waals surface area contributed by atoms with E-state index in [2.05, 4.69) is 29.1 Å². The molecule has 1 heterocycles. The molecule has 0 saturated carbocycles. The molecule has 3 N–H and O–H groups in total. The highest BCUT2D eigenvalue weighted by molar-refractivity contribution is 7.11. The van der Waals surface area contributed by atoms with Crippen LogP contribution in [-0.4, -0.2) is 36.0 Å². The molecular weight excluding hydrogens is 260 g/mol. The zero-order valence-corrected chi connectivity index (χ0v) is 12.4. The Morgan fingerprint density at radius 2 is 2.37 bits per heavy atom. The molecule has 0 aliphatic rings. The van der Waals surface area contributed by atoms with Crippen LogP contribution >= 0.6 is 11.3 Å². The Hall–Kier alpha value is -1.65. The van der Waals surface area contributed by atoms with E-state index in [1.807, 2.05) is 0 Å². The Morgan fingerprint density at radius 1 is 1.63 bits per heavy atom. The molecule has 0 atom stereocenters. The third-order valence-electron chi connectivity index (χ3n) is 2.73. The average Bonchev–Trinajstić information content (AvgIpc) is 2.75. The predicted molar refractivity (Wildman–Crippen MR) is 77.8 cm³/mol. The molecule has 0 amide bonds. The number of likely N-dealkylation sites (N-methyl/N-ethyl adjacent to an activating group) is 1. The average molecular weight is 280 g/mol. The van der Waals surface area contributed by atoms with Crippen LogP contribution < -0.4 is 11.1 Å². The number of hydrogen-bond acceptors (Lipinski definition) is 5. The second kappa shape index (κ2) is 7.71. The molecule has 0 saturated heterocycles. The van der Waals surface area contributed by atoms with Gasteiger partial charge in [-0.25, -0.2) is 4.98 Å². The molecule has 0 fully saturated rings. The zero-order valence-electron chi connectivity index (χ0n) is 11.6. The summed E-state index contributed by atoms with van der Waals surface area (Å²) in [7, 11) is 1.81. The van der Waals surface area contributed by atoms with Crippen molar-refractivity contribution in [2.24, 2.45) is 10.7 Å². The van der Waals surface area contributed by atoms with Gasteiger partial charge < -0.3 is 16.0 Å². The molecule has 0 radical (unpaired) electrons. The minimum absolute atomic E-state index is 0.239. The van der Waals surface area contributed by atoms with Crippen LogP contribution in [0.4, 0.5) is 0 Å². The summed E-state index contributed by atoms with van der Waals surface area (Å²) in [4.78, 5) is 11.1. The Morgan fingerprint density at radius 3 is 2.95 bits per heavy atom. The highest BCUT2D eigenvalue weighted by atomic mass is 32.1. The summed E-state index contributed by atoms with van der Waals surface area (Å²) in [6.45, 7) is 6.44. The summed E-state index contributed by atoms with van der Waals surface area (Å²) in [5.41, 5.74) is 6.76. The first-order valence-electron chi connectivity index (χ1n) is 6.17. The number of thiazole rings is 1. The molecule has 104 valence electrons. The molecule has 1 rings (SSSR count). The van der Waals surface area contributed by atoms with Crippen molar-refractivity contribution in [1.29, 1.82) is 5.26 Å². The lowest BCUT2D eigenvalue weighted by Crippen LogP contribution is -2.38. The Labute approximate surface area is 118 Å². The topological polar surface area (TPSA) is 90.3 Å². The van der Waals surface area contributed by atoms with Crippen molar-refractivity contribution < 1.29 is 0 Å². The van der Waals surface area contributed by atoms with Crippen LogP contribution in [0.2, 0.25) is 0 Å². The number of nitrogens with one attached hydrogen (secondary N) is 1. The molecule has 1 aromatic rings. The van der Waals surface area contributed by atoms with Crippen molar-refractivity contribution in [2.45, 2.75) is 26.8 Å². The van der Waals surface area contributed by atoms with E-state index in [-0.39, 0.29) is 5.96 Å². The number of guanidine groups is 1. The summed E-state index contributed by atoms with van der Waals surface area (Å²) in [5.74, 6) is 0.239. The molecule has 19 heavy (non-hydrogen) atoms. The van der Waals surface area contributed by atoms with Crippen LogP contribution in [0.1, 0.15) is 22.5 Å². The number of nitrogens with zero attached hydrogens (tertiary/aromatic N) is 4. The van der Waals surface area contributed by atoms with Crippen LogP contribution in [0.25, 0.3) is 0 Å². The maximum atomic E-state index is 8.39. The predicted octanol–water partition coefficient (Wildman–Crippen LogP) is 0.831. The van der Waals surface area contributed by atoms with Gasteiger partial charge in [0.2, 0.25) is 12.2 Å². The van der Waals surface area contributed by atoms with Crippen molar-refractivity contribution in [3.63, 3.8) is 0 Å². The molecule has 6 nitrogen and oxygen atoms in total. The van der Waals surface area contributed by atoms with Crippen LogP contribution in [-0.2, 0) is 13.0 Å². The fourth-order valence-corrected chi connectivity index (χ4v) is 2.58. The second-order valence-corrected chi connectivity index (χ2v) is 5.42. The van der Waals surface area contributed by atoms with E-state index in [1.54, 1.807) is 29.5 Å². The number of aliphatic imine (C=N–C) groups is 1. The van der Waals surface area contributed by atoms with Gasteiger partial charge in [0.05, 0.1) is 5.69 Å². The number of hydrogen-bond donors (Lipinski definition) is 2. The van der Waals surface area contributed by atoms with Gasteiger partial charge >= 0.3 is 0 Å². The van der Waals surface area contributed by atoms with E-state index in [0.29, 0.717) is 6.54 Å². The van der Waals surface area contributed by atoms with Crippen molar-refractivity contribution in [1.82, 2.24) is 15.2 Å². The summed E-state index contributed by atoms with van der Waals surface area (Å²) < 4.78 is 0. The Bertz CT molecular complexity index is 473. The third kappa shape index (κ3) is 4.85. The highest BCUT2D eigenvalue weighted by Crippen LogP contribution is 2.17. The van der Waals surface area contributed by atoms with Crippen LogP contribution in [0.15, 0.2) is 4.99 Å². The standard InChI is InChI=1S/C12H20N6S/c1-4-10-9(2)19-11(17-10)7-15-5-6-18(3)12(14)16-8-13/h15H,4-7H2,1-3H3,(H2,14,16). The van der Waals surface area contributed by atoms with Crippen molar-refractivity contribution >= 4 is 17.3 Å². The monoisotopic (exact) mass is 280 g/mol. The number of nitriles is 1. The van der Waals surface area contributed by atoms with Gasteiger partial charge in [-0.3, -0.25) is 0 Å². The van der Waals surface area contributed by atoms with E-state index in [1.165, 1.54) is 10.6 Å². The molecule has 0 aliphatic carbocycles. The summed E-state index contributed by atoms with van der Waals surface area (Å²) in [5, 5.41) is 12.8. The molecule has 0 unspecified atom stereocenters. The van der Waals surface area contributed by atoms with Crippen LogP contribution in [0.5, 0.6) is 0 Å². The van der Waals surface area contributed by atoms with Crippen molar-refractivity contribution in [2.75, 3.05) is 20.1 Å². The maximum absolute atomic E-state index is 8.39. The molecule has 7 heteroatoms. The first-order valence-corrected chi connectivity index (χ1v) is 6.99. The molecule has 0 aliphatic heterocycles. The fraction of sp³-hybridized carbons (Fsp3) is 0.583. The Balaban J connectivity index is 2.31.